The van der Waals surface area contributed by atoms with E-state index in [-0.39, 0.29) is 5.57 Å². The van der Waals surface area contributed by atoms with Crippen LogP contribution in [0.4, 0.5) is 0 Å². The summed E-state index contributed by atoms with van der Waals surface area (Å²) in [6.07, 6.45) is 1.48. The molecule has 0 aliphatic rings. The Labute approximate surface area is 152 Å². The van der Waals surface area contributed by atoms with Crippen molar-refractivity contribution in [1.29, 1.82) is 5.26 Å². The normalized spacial score (nSPS) is 10.6. The maximum absolute atomic E-state index is 12.3. The first kappa shape index (κ1) is 18.9. The lowest BCUT2D eigenvalue weighted by atomic mass is 10.1. The van der Waals surface area contributed by atoms with Gasteiger partial charge in [-0.1, -0.05) is 30.3 Å². The van der Waals surface area contributed by atoms with Crippen LogP contribution >= 0.6 is 0 Å². The molecule has 26 heavy (non-hydrogen) atoms. The minimum Gasteiger partial charge on any atom is -0.493 e. The van der Waals surface area contributed by atoms with Crippen molar-refractivity contribution in [3.05, 3.63) is 59.2 Å². The second-order valence-electron chi connectivity index (χ2n) is 5.30. The van der Waals surface area contributed by atoms with Gasteiger partial charge < -0.3 is 19.5 Å². The molecule has 2 aromatic rings. The Morgan fingerprint density at radius 1 is 1.08 bits per heavy atom. The molecule has 6 nitrogen and oxygen atoms in total. The third-order valence-corrected chi connectivity index (χ3v) is 3.66. The van der Waals surface area contributed by atoms with Crippen LogP contribution in [0.1, 0.15) is 11.1 Å². The SMILES string of the molecule is COc1cc(/C=C(\C#N)C(=O)NCc2ccccc2)cc(OC)c1OC. The first-order chi connectivity index (χ1) is 12.6. The van der Waals surface area contributed by atoms with Gasteiger partial charge in [-0.05, 0) is 29.3 Å². The van der Waals surface area contributed by atoms with Crippen molar-refractivity contribution in [2.24, 2.45) is 0 Å². The van der Waals surface area contributed by atoms with Gasteiger partial charge in [-0.15, -0.1) is 0 Å². The predicted octanol–water partition coefficient (Wildman–Crippen LogP) is 2.94. The molecule has 1 N–H and O–H groups in total. The molecular formula is C20H20N2O4. The topological polar surface area (TPSA) is 80.6 Å². The Hall–Kier alpha value is -3.46. The van der Waals surface area contributed by atoms with Crippen LogP contribution in [0.25, 0.3) is 6.08 Å². The van der Waals surface area contributed by atoms with Crippen molar-refractivity contribution in [1.82, 2.24) is 5.32 Å². The molecule has 0 saturated heterocycles. The molecule has 2 aromatic carbocycles. The van der Waals surface area contributed by atoms with E-state index in [9.17, 15) is 10.1 Å². The highest BCUT2D eigenvalue weighted by atomic mass is 16.5. The van der Waals surface area contributed by atoms with Crippen molar-refractivity contribution in [2.75, 3.05) is 21.3 Å². The number of carbonyl (C=O) groups excluding carboxylic acids is 1. The Morgan fingerprint density at radius 3 is 2.19 bits per heavy atom. The largest absolute Gasteiger partial charge is 0.493 e. The molecule has 6 heteroatoms. The van der Waals surface area contributed by atoms with E-state index in [1.165, 1.54) is 27.4 Å². The van der Waals surface area contributed by atoms with E-state index >= 15 is 0 Å². The lowest BCUT2D eigenvalue weighted by Gasteiger charge is -2.13. The summed E-state index contributed by atoms with van der Waals surface area (Å²) in [4.78, 5) is 12.3. The molecule has 0 heterocycles. The lowest BCUT2D eigenvalue weighted by Crippen LogP contribution is -2.23. The molecule has 0 aromatic heterocycles. The number of ether oxygens (including phenoxy) is 3. The van der Waals surface area contributed by atoms with Gasteiger partial charge in [0.25, 0.3) is 5.91 Å². The molecule has 2 rings (SSSR count). The average molecular weight is 352 g/mol. The van der Waals surface area contributed by atoms with Crippen LogP contribution in [-0.2, 0) is 11.3 Å². The van der Waals surface area contributed by atoms with E-state index < -0.39 is 5.91 Å². The number of benzene rings is 2. The second-order valence-corrected chi connectivity index (χ2v) is 5.30. The van der Waals surface area contributed by atoms with Crippen LogP contribution in [0.5, 0.6) is 17.2 Å². The molecule has 0 aliphatic heterocycles. The van der Waals surface area contributed by atoms with E-state index in [4.69, 9.17) is 14.2 Å². The van der Waals surface area contributed by atoms with Crippen molar-refractivity contribution >= 4 is 12.0 Å². The van der Waals surface area contributed by atoms with Crippen LogP contribution in [0.2, 0.25) is 0 Å². The standard InChI is InChI=1S/C20H20N2O4/c1-24-17-10-15(11-18(25-2)19(17)26-3)9-16(12-21)20(23)22-13-14-7-5-4-6-8-14/h4-11H,13H2,1-3H3,(H,22,23)/b16-9+. The highest BCUT2D eigenvalue weighted by molar-refractivity contribution is 6.01. The Morgan fingerprint density at radius 2 is 1.69 bits per heavy atom. The quantitative estimate of drug-likeness (QED) is 0.612. The molecule has 0 spiro atoms. The van der Waals surface area contributed by atoms with E-state index in [1.54, 1.807) is 12.1 Å². The van der Waals surface area contributed by atoms with Crippen molar-refractivity contribution < 1.29 is 19.0 Å². The van der Waals surface area contributed by atoms with Crippen LogP contribution < -0.4 is 19.5 Å². The zero-order chi connectivity index (χ0) is 18.9. The smallest absolute Gasteiger partial charge is 0.262 e. The molecule has 0 unspecified atom stereocenters. The van der Waals surface area contributed by atoms with Gasteiger partial charge in [0, 0.05) is 6.54 Å². The monoisotopic (exact) mass is 352 g/mol. The minimum atomic E-state index is -0.454. The average Bonchev–Trinajstić information content (AvgIpc) is 2.69. The number of methoxy groups -OCH3 is 3. The number of hydrogen-bond acceptors (Lipinski definition) is 5. The number of carbonyl (C=O) groups is 1. The fourth-order valence-electron chi connectivity index (χ4n) is 2.37. The zero-order valence-corrected chi connectivity index (χ0v) is 14.9. The summed E-state index contributed by atoms with van der Waals surface area (Å²) in [5.74, 6) is 0.879. The van der Waals surface area contributed by atoms with E-state index in [1.807, 2.05) is 36.4 Å². The maximum atomic E-state index is 12.3. The summed E-state index contributed by atoms with van der Waals surface area (Å²) in [6, 6.07) is 14.7. The predicted molar refractivity (Wildman–Crippen MR) is 98.0 cm³/mol. The minimum absolute atomic E-state index is 0.0183. The fraction of sp³-hybridized carbons (Fsp3) is 0.200. The van der Waals surface area contributed by atoms with Gasteiger partial charge in [-0.2, -0.15) is 5.26 Å². The van der Waals surface area contributed by atoms with Gasteiger partial charge in [0.15, 0.2) is 11.5 Å². The van der Waals surface area contributed by atoms with Gasteiger partial charge in [-0.3, -0.25) is 4.79 Å². The lowest BCUT2D eigenvalue weighted by molar-refractivity contribution is -0.117. The number of rotatable bonds is 7. The van der Waals surface area contributed by atoms with Crippen molar-refractivity contribution in [3.8, 4) is 23.3 Å². The summed E-state index contributed by atoms with van der Waals surface area (Å²) in [7, 11) is 4.51. The summed E-state index contributed by atoms with van der Waals surface area (Å²) in [6.45, 7) is 0.341. The molecule has 0 atom stereocenters. The summed E-state index contributed by atoms with van der Waals surface area (Å²) < 4.78 is 15.8. The van der Waals surface area contributed by atoms with E-state index in [0.717, 1.165) is 5.56 Å². The van der Waals surface area contributed by atoms with Crippen LogP contribution in [0, 0.1) is 11.3 Å². The molecule has 134 valence electrons. The van der Waals surface area contributed by atoms with E-state index in [0.29, 0.717) is 29.4 Å². The first-order valence-electron chi connectivity index (χ1n) is 7.86. The Bertz CT molecular complexity index is 814. The highest BCUT2D eigenvalue weighted by Crippen LogP contribution is 2.38. The van der Waals surface area contributed by atoms with Gasteiger partial charge in [0.05, 0.1) is 21.3 Å². The highest BCUT2D eigenvalue weighted by Gasteiger charge is 2.14. The molecule has 1 amide bonds. The van der Waals surface area contributed by atoms with Crippen LogP contribution in [0.15, 0.2) is 48.0 Å². The third kappa shape index (κ3) is 4.54. The van der Waals surface area contributed by atoms with Crippen LogP contribution in [-0.4, -0.2) is 27.2 Å². The molecular weight excluding hydrogens is 332 g/mol. The number of hydrogen-bond donors (Lipinski definition) is 1. The fourth-order valence-corrected chi connectivity index (χ4v) is 2.37. The van der Waals surface area contributed by atoms with Gasteiger partial charge in [0.2, 0.25) is 5.75 Å². The first-order valence-corrected chi connectivity index (χ1v) is 7.86. The summed E-state index contributed by atoms with van der Waals surface area (Å²) in [5, 5.41) is 12.1. The van der Waals surface area contributed by atoms with Crippen molar-refractivity contribution in [3.63, 3.8) is 0 Å². The summed E-state index contributed by atoms with van der Waals surface area (Å²) in [5.41, 5.74) is 1.52. The van der Waals surface area contributed by atoms with E-state index in [2.05, 4.69) is 5.32 Å². The van der Waals surface area contributed by atoms with Gasteiger partial charge >= 0.3 is 0 Å². The molecule has 0 bridgehead atoms. The van der Waals surface area contributed by atoms with Crippen LogP contribution in [0.3, 0.4) is 0 Å². The van der Waals surface area contributed by atoms with Crippen molar-refractivity contribution in [2.45, 2.75) is 6.54 Å². The second kappa shape index (κ2) is 9.14. The molecule has 0 radical (unpaired) electrons. The Kier molecular flexibility index (Phi) is 6.63. The zero-order valence-electron chi connectivity index (χ0n) is 14.9. The number of nitrogens with zero attached hydrogens (tertiary/aromatic N) is 1. The molecule has 0 aliphatic carbocycles. The molecule has 0 fully saturated rings. The summed E-state index contributed by atoms with van der Waals surface area (Å²) >= 11 is 0. The number of amides is 1. The maximum Gasteiger partial charge on any atom is 0.262 e. The number of nitriles is 1. The molecule has 0 saturated carbocycles. The third-order valence-electron chi connectivity index (χ3n) is 3.66. The van der Waals surface area contributed by atoms with Gasteiger partial charge in [-0.25, -0.2) is 0 Å². The Balaban J connectivity index is 2.24. The van der Waals surface area contributed by atoms with Gasteiger partial charge in [0.1, 0.15) is 11.6 Å². The number of nitrogens with one attached hydrogen (secondary N) is 1.